The van der Waals surface area contributed by atoms with Crippen LogP contribution in [0.15, 0.2) is 10.8 Å². The number of ether oxygens (including phenoxy) is 1. The van der Waals surface area contributed by atoms with Crippen molar-refractivity contribution in [2.24, 2.45) is 5.92 Å². The van der Waals surface area contributed by atoms with E-state index in [4.69, 9.17) is 4.74 Å². The van der Waals surface area contributed by atoms with Gasteiger partial charge in [0.15, 0.2) is 5.75 Å². The van der Waals surface area contributed by atoms with E-state index in [9.17, 15) is 0 Å². The molecule has 0 amide bonds. The number of methoxy groups -OCH3 is 1. The van der Waals surface area contributed by atoms with E-state index < -0.39 is 0 Å². The van der Waals surface area contributed by atoms with Gasteiger partial charge in [-0.1, -0.05) is 0 Å². The first-order valence-electron chi connectivity index (χ1n) is 4.77. The first-order chi connectivity index (χ1) is 6.81. The molecule has 1 aliphatic heterocycles. The van der Waals surface area contributed by atoms with Gasteiger partial charge in [0, 0.05) is 6.54 Å². The summed E-state index contributed by atoms with van der Waals surface area (Å²) in [6.45, 7) is 3.17. The standard InChI is InChI=1S/C9H14BrN3O/c1-14-8-5-12-13(9(8)10)6-7-2-3-11-4-7/h5,7,11H,2-4,6H2,1H3. The van der Waals surface area contributed by atoms with Crippen molar-refractivity contribution >= 4 is 15.9 Å². The SMILES string of the molecule is COc1cnn(CC2CCNC2)c1Br. The third-order valence-corrected chi connectivity index (χ3v) is 3.36. The number of aromatic nitrogens is 2. The van der Waals surface area contributed by atoms with E-state index in [1.165, 1.54) is 6.42 Å². The van der Waals surface area contributed by atoms with Gasteiger partial charge in [-0.3, -0.25) is 4.68 Å². The number of halogens is 1. The molecule has 0 aromatic carbocycles. The molecule has 1 atom stereocenters. The minimum atomic E-state index is 0.691. The summed E-state index contributed by atoms with van der Waals surface area (Å²) in [6, 6.07) is 0. The van der Waals surface area contributed by atoms with Crippen LogP contribution in [0.2, 0.25) is 0 Å². The Kier molecular flexibility index (Phi) is 3.08. The zero-order chi connectivity index (χ0) is 9.97. The smallest absolute Gasteiger partial charge is 0.171 e. The Morgan fingerprint density at radius 2 is 2.64 bits per heavy atom. The van der Waals surface area contributed by atoms with Crippen molar-refractivity contribution in [1.82, 2.24) is 15.1 Å². The van der Waals surface area contributed by atoms with Gasteiger partial charge in [-0.15, -0.1) is 0 Å². The Balaban J connectivity index is 2.04. The molecule has 5 heteroatoms. The van der Waals surface area contributed by atoms with Crippen molar-refractivity contribution in [3.05, 3.63) is 10.8 Å². The fourth-order valence-corrected chi connectivity index (χ4v) is 2.23. The highest BCUT2D eigenvalue weighted by Crippen LogP contribution is 2.25. The quantitative estimate of drug-likeness (QED) is 0.889. The van der Waals surface area contributed by atoms with E-state index in [0.29, 0.717) is 5.92 Å². The summed E-state index contributed by atoms with van der Waals surface area (Å²) >= 11 is 3.47. The van der Waals surface area contributed by atoms with Gasteiger partial charge >= 0.3 is 0 Å². The van der Waals surface area contributed by atoms with Gasteiger partial charge in [-0.25, -0.2) is 0 Å². The summed E-state index contributed by atoms with van der Waals surface area (Å²) in [5.74, 6) is 1.49. The van der Waals surface area contributed by atoms with Crippen molar-refractivity contribution in [2.75, 3.05) is 20.2 Å². The number of hydrogen-bond donors (Lipinski definition) is 1. The minimum absolute atomic E-state index is 0.691. The molecule has 0 spiro atoms. The molecule has 0 saturated carbocycles. The van der Waals surface area contributed by atoms with Gasteiger partial charge in [-0.05, 0) is 41.4 Å². The summed E-state index contributed by atoms with van der Waals surface area (Å²) in [6.07, 6.45) is 2.97. The normalized spacial score (nSPS) is 21.4. The van der Waals surface area contributed by atoms with Crippen molar-refractivity contribution in [1.29, 1.82) is 0 Å². The first kappa shape index (κ1) is 9.98. The second kappa shape index (κ2) is 4.31. The van der Waals surface area contributed by atoms with E-state index in [-0.39, 0.29) is 0 Å². The third kappa shape index (κ3) is 1.93. The molecule has 1 unspecified atom stereocenters. The van der Waals surface area contributed by atoms with Gasteiger partial charge in [-0.2, -0.15) is 5.10 Å². The molecule has 1 fully saturated rings. The number of rotatable bonds is 3. The average Bonchev–Trinajstić information content (AvgIpc) is 2.79. The van der Waals surface area contributed by atoms with Gasteiger partial charge < -0.3 is 10.1 Å². The number of hydrogen-bond acceptors (Lipinski definition) is 3. The molecule has 1 N–H and O–H groups in total. The lowest BCUT2D eigenvalue weighted by molar-refractivity contribution is 0.404. The first-order valence-corrected chi connectivity index (χ1v) is 5.56. The fraction of sp³-hybridized carbons (Fsp3) is 0.667. The molecule has 0 radical (unpaired) electrons. The van der Waals surface area contributed by atoms with E-state index >= 15 is 0 Å². The predicted molar refractivity (Wildman–Crippen MR) is 57.5 cm³/mol. The lowest BCUT2D eigenvalue weighted by Crippen LogP contribution is -2.15. The van der Waals surface area contributed by atoms with Crippen LogP contribution >= 0.6 is 15.9 Å². The van der Waals surface area contributed by atoms with Crippen LogP contribution in [-0.4, -0.2) is 30.0 Å². The van der Waals surface area contributed by atoms with E-state index in [0.717, 1.165) is 30.0 Å². The minimum Gasteiger partial charge on any atom is -0.492 e. The summed E-state index contributed by atoms with van der Waals surface area (Å²) in [5, 5.41) is 7.61. The van der Waals surface area contributed by atoms with E-state index in [1.807, 2.05) is 4.68 Å². The summed E-state index contributed by atoms with van der Waals surface area (Å²) in [7, 11) is 1.66. The summed E-state index contributed by atoms with van der Waals surface area (Å²) in [5.41, 5.74) is 0. The Hall–Kier alpha value is -0.550. The molecule has 1 saturated heterocycles. The van der Waals surface area contributed by atoms with Crippen molar-refractivity contribution in [3.8, 4) is 5.75 Å². The van der Waals surface area contributed by atoms with Gasteiger partial charge in [0.25, 0.3) is 0 Å². The molecule has 2 heterocycles. The van der Waals surface area contributed by atoms with Crippen LogP contribution in [0.25, 0.3) is 0 Å². The molecule has 2 rings (SSSR count). The highest BCUT2D eigenvalue weighted by molar-refractivity contribution is 9.10. The number of nitrogens with one attached hydrogen (secondary N) is 1. The Morgan fingerprint density at radius 1 is 1.79 bits per heavy atom. The molecule has 78 valence electrons. The zero-order valence-electron chi connectivity index (χ0n) is 8.16. The van der Waals surface area contributed by atoms with Crippen LogP contribution < -0.4 is 10.1 Å². The van der Waals surface area contributed by atoms with Crippen LogP contribution in [0.3, 0.4) is 0 Å². The zero-order valence-corrected chi connectivity index (χ0v) is 9.75. The maximum Gasteiger partial charge on any atom is 0.171 e. The molecule has 1 aliphatic rings. The highest BCUT2D eigenvalue weighted by atomic mass is 79.9. The Labute approximate surface area is 91.8 Å². The van der Waals surface area contributed by atoms with Crippen molar-refractivity contribution < 1.29 is 4.74 Å². The highest BCUT2D eigenvalue weighted by Gasteiger charge is 2.17. The topological polar surface area (TPSA) is 39.1 Å². The second-order valence-corrected chi connectivity index (χ2v) is 4.30. The average molecular weight is 260 g/mol. The summed E-state index contributed by atoms with van der Waals surface area (Å²) < 4.78 is 8.04. The lowest BCUT2D eigenvalue weighted by Gasteiger charge is -2.09. The molecule has 0 aliphatic carbocycles. The van der Waals surface area contributed by atoms with Gasteiger partial charge in [0.05, 0.1) is 13.3 Å². The van der Waals surface area contributed by atoms with Crippen molar-refractivity contribution in [3.63, 3.8) is 0 Å². The van der Waals surface area contributed by atoms with Crippen molar-refractivity contribution in [2.45, 2.75) is 13.0 Å². The van der Waals surface area contributed by atoms with Crippen LogP contribution in [0, 0.1) is 5.92 Å². The van der Waals surface area contributed by atoms with Gasteiger partial charge in [0.2, 0.25) is 0 Å². The molecule has 4 nitrogen and oxygen atoms in total. The molecule has 0 bridgehead atoms. The Bertz CT molecular complexity index is 307. The third-order valence-electron chi connectivity index (χ3n) is 2.56. The Morgan fingerprint density at radius 3 is 3.21 bits per heavy atom. The van der Waals surface area contributed by atoms with Crippen LogP contribution in [0.4, 0.5) is 0 Å². The fourth-order valence-electron chi connectivity index (χ4n) is 1.73. The molecule has 1 aromatic rings. The molecular weight excluding hydrogens is 246 g/mol. The predicted octanol–water partition coefficient (Wildman–Crippen LogP) is 1.26. The van der Waals surface area contributed by atoms with Gasteiger partial charge in [0.1, 0.15) is 4.60 Å². The largest absolute Gasteiger partial charge is 0.492 e. The second-order valence-electron chi connectivity index (χ2n) is 3.54. The number of nitrogens with zero attached hydrogens (tertiary/aromatic N) is 2. The molecule has 1 aromatic heterocycles. The monoisotopic (exact) mass is 259 g/mol. The lowest BCUT2D eigenvalue weighted by atomic mass is 10.1. The molecular formula is C9H14BrN3O. The van der Waals surface area contributed by atoms with Crippen LogP contribution in [0.1, 0.15) is 6.42 Å². The molecule has 14 heavy (non-hydrogen) atoms. The van der Waals surface area contributed by atoms with Crippen LogP contribution in [-0.2, 0) is 6.54 Å². The van der Waals surface area contributed by atoms with E-state index in [2.05, 4.69) is 26.3 Å². The van der Waals surface area contributed by atoms with E-state index in [1.54, 1.807) is 13.3 Å². The summed E-state index contributed by atoms with van der Waals surface area (Å²) in [4.78, 5) is 0. The van der Waals surface area contributed by atoms with Crippen LogP contribution in [0.5, 0.6) is 5.75 Å². The maximum atomic E-state index is 5.14. The maximum absolute atomic E-state index is 5.14.